The van der Waals surface area contributed by atoms with Crippen LogP contribution in [-0.4, -0.2) is 21.0 Å². The second-order valence-corrected chi connectivity index (χ2v) is 4.44. The number of rotatable bonds is 2. The van der Waals surface area contributed by atoms with Crippen LogP contribution in [0.4, 0.5) is 0 Å². The number of carbonyl (C=O) groups is 1. The predicted octanol–water partition coefficient (Wildman–Crippen LogP) is 3.24. The van der Waals surface area contributed by atoms with Crippen molar-refractivity contribution in [3.8, 4) is 11.3 Å². The first-order valence-corrected chi connectivity index (χ1v) is 5.93. The Morgan fingerprint density at radius 3 is 2.79 bits per heavy atom. The van der Waals surface area contributed by atoms with Gasteiger partial charge in [0.05, 0.1) is 11.3 Å². The Balaban J connectivity index is 2.16. The molecule has 2 heterocycles. The molecule has 2 aromatic heterocycles. The highest BCUT2D eigenvalue weighted by Gasteiger charge is 2.10. The fourth-order valence-corrected chi connectivity index (χ4v) is 2.25. The van der Waals surface area contributed by atoms with E-state index >= 15 is 0 Å². The first-order valence-electron chi connectivity index (χ1n) is 5.93. The standard InChI is InChI=1S/C15H12N2O2/c1-9-3-2-4-13-14(9)11(8-17-13)12-6-5-10(7-16-12)15(18)19/h2-8,17H,1H3,(H,18,19). The van der Waals surface area contributed by atoms with Gasteiger partial charge in [0, 0.05) is 28.9 Å². The lowest BCUT2D eigenvalue weighted by Gasteiger charge is -2.02. The third kappa shape index (κ3) is 1.87. The van der Waals surface area contributed by atoms with Crippen molar-refractivity contribution in [1.82, 2.24) is 9.97 Å². The highest BCUT2D eigenvalue weighted by Crippen LogP contribution is 2.29. The highest BCUT2D eigenvalue weighted by atomic mass is 16.4. The van der Waals surface area contributed by atoms with E-state index in [9.17, 15) is 4.79 Å². The lowest BCUT2D eigenvalue weighted by atomic mass is 10.0. The Labute approximate surface area is 109 Å². The monoisotopic (exact) mass is 252 g/mol. The van der Waals surface area contributed by atoms with E-state index in [0.717, 1.165) is 27.7 Å². The third-order valence-electron chi connectivity index (χ3n) is 3.20. The number of nitrogens with zero attached hydrogens (tertiary/aromatic N) is 1. The van der Waals surface area contributed by atoms with Crippen molar-refractivity contribution >= 4 is 16.9 Å². The van der Waals surface area contributed by atoms with Crippen molar-refractivity contribution in [1.29, 1.82) is 0 Å². The van der Waals surface area contributed by atoms with Gasteiger partial charge in [0.15, 0.2) is 0 Å². The number of hydrogen-bond acceptors (Lipinski definition) is 2. The molecule has 0 atom stereocenters. The number of aromatic nitrogens is 2. The van der Waals surface area contributed by atoms with E-state index in [4.69, 9.17) is 5.11 Å². The summed E-state index contributed by atoms with van der Waals surface area (Å²) in [6, 6.07) is 9.36. The largest absolute Gasteiger partial charge is 0.478 e. The van der Waals surface area contributed by atoms with E-state index in [1.54, 1.807) is 12.1 Å². The van der Waals surface area contributed by atoms with Crippen LogP contribution in [0.2, 0.25) is 0 Å². The number of pyridine rings is 1. The van der Waals surface area contributed by atoms with Gasteiger partial charge in [-0.05, 0) is 30.7 Å². The van der Waals surface area contributed by atoms with Crippen LogP contribution in [0.1, 0.15) is 15.9 Å². The van der Waals surface area contributed by atoms with E-state index < -0.39 is 5.97 Å². The summed E-state index contributed by atoms with van der Waals surface area (Å²) in [7, 11) is 0. The van der Waals surface area contributed by atoms with Crippen LogP contribution in [0.25, 0.3) is 22.2 Å². The highest BCUT2D eigenvalue weighted by molar-refractivity contribution is 5.97. The van der Waals surface area contributed by atoms with Gasteiger partial charge in [-0.1, -0.05) is 12.1 Å². The summed E-state index contributed by atoms with van der Waals surface area (Å²) in [4.78, 5) is 18.3. The summed E-state index contributed by atoms with van der Waals surface area (Å²) in [6.07, 6.45) is 3.29. The van der Waals surface area contributed by atoms with E-state index in [-0.39, 0.29) is 5.56 Å². The lowest BCUT2D eigenvalue weighted by molar-refractivity contribution is 0.0696. The quantitative estimate of drug-likeness (QED) is 0.735. The molecule has 94 valence electrons. The van der Waals surface area contributed by atoms with Gasteiger partial charge in [0.2, 0.25) is 0 Å². The van der Waals surface area contributed by atoms with Crippen LogP contribution >= 0.6 is 0 Å². The number of carboxylic acids is 1. The molecule has 0 saturated carbocycles. The minimum Gasteiger partial charge on any atom is -0.478 e. The van der Waals surface area contributed by atoms with Gasteiger partial charge < -0.3 is 10.1 Å². The first kappa shape index (κ1) is 11.5. The average Bonchev–Trinajstić information content (AvgIpc) is 2.84. The maximum absolute atomic E-state index is 10.8. The Morgan fingerprint density at radius 2 is 2.11 bits per heavy atom. The number of hydrogen-bond donors (Lipinski definition) is 2. The zero-order chi connectivity index (χ0) is 13.4. The molecule has 0 fully saturated rings. The third-order valence-corrected chi connectivity index (χ3v) is 3.20. The SMILES string of the molecule is Cc1cccc2[nH]cc(-c3ccc(C(=O)O)cn3)c12. The van der Waals surface area contributed by atoms with Crippen molar-refractivity contribution in [3.05, 3.63) is 53.9 Å². The number of carboxylic acid groups (broad SMARTS) is 1. The van der Waals surface area contributed by atoms with Crippen molar-refractivity contribution in [2.24, 2.45) is 0 Å². The maximum Gasteiger partial charge on any atom is 0.337 e. The molecule has 3 rings (SSSR count). The van der Waals surface area contributed by atoms with Crippen LogP contribution in [-0.2, 0) is 0 Å². The van der Waals surface area contributed by atoms with Gasteiger partial charge >= 0.3 is 5.97 Å². The van der Waals surface area contributed by atoms with Gasteiger partial charge in [0.1, 0.15) is 0 Å². The molecule has 19 heavy (non-hydrogen) atoms. The number of fused-ring (bicyclic) bond motifs is 1. The van der Waals surface area contributed by atoms with E-state index in [1.807, 2.05) is 31.3 Å². The summed E-state index contributed by atoms with van der Waals surface area (Å²) < 4.78 is 0. The summed E-state index contributed by atoms with van der Waals surface area (Å²) in [5.74, 6) is -0.964. The van der Waals surface area contributed by atoms with Crippen LogP contribution in [0.15, 0.2) is 42.7 Å². The molecule has 0 spiro atoms. The van der Waals surface area contributed by atoms with Crippen molar-refractivity contribution in [2.75, 3.05) is 0 Å². The van der Waals surface area contributed by atoms with E-state index in [2.05, 4.69) is 9.97 Å². The minimum absolute atomic E-state index is 0.195. The molecule has 0 unspecified atom stereocenters. The van der Waals surface area contributed by atoms with Gasteiger partial charge in [-0.2, -0.15) is 0 Å². The number of aryl methyl sites for hydroxylation is 1. The summed E-state index contributed by atoms with van der Waals surface area (Å²) >= 11 is 0. The molecular formula is C15H12N2O2. The fourth-order valence-electron chi connectivity index (χ4n) is 2.25. The molecule has 1 aromatic carbocycles. The molecule has 0 saturated heterocycles. The van der Waals surface area contributed by atoms with Crippen molar-refractivity contribution in [3.63, 3.8) is 0 Å². The normalized spacial score (nSPS) is 10.8. The molecule has 3 aromatic rings. The molecule has 0 radical (unpaired) electrons. The van der Waals surface area contributed by atoms with E-state index in [1.165, 1.54) is 6.20 Å². The van der Waals surface area contributed by atoms with Crippen molar-refractivity contribution < 1.29 is 9.90 Å². The van der Waals surface area contributed by atoms with Gasteiger partial charge in [-0.15, -0.1) is 0 Å². The first-order chi connectivity index (χ1) is 9.16. The average molecular weight is 252 g/mol. The summed E-state index contributed by atoms with van der Waals surface area (Å²) in [5.41, 5.74) is 4.17. The zero-order valence-corrected chi connectivity index (χ0v) is 10.3. The van der Waals surface area contributed by atoms with Gasteiger partial charge in [-0.3, -0.25) is 4.98 Å². The molecular weight excluding hydrogens is 240 g/mol. The van der Waals surface area contributed by atoms with Crippen LogP contribution in [0.5, 0.6) is 0 Å². The number of aromatic carboxylic acids is 1. The Morgan fingerprint density at radius 1 is 1.26 bits per heavy atom. The lowest BCUT2D eigenvalue weighted by Crippen LogP contribution is -1.96. The summed E-state index contributed by atoms with van der Waals surface area (Å²) in [5, 5.41) is 10.00. The fraction of sp³-hybridized carbons (Fsp3) is 0.0667. The molecule has 0 aliphatic heterocycles. The molecule has 0 bridgehead atoms. The summed E-state index contributed by atoms with van der Waals surface area (Å²) in [6.45, 7) is 2.05. The molecule has 0 aliphatic carbocycles. The molecule has 0 amide bonds. The zero-order valence-electron chi connectivity index (χ0n) is 10.3. The Hall–Kier alpha value is -2.62. The smallest absolute Gasteiger partial charge is 0.337 e. The van der Waals surface area contributed by atoms with Gasteiger partial charge in [0.25, 0.3) is 0 Å². The second-order valence-electron chi connectivity index (χ2n) is 4.44. The van der Waals surface area contributed by atoms with Crippen LogP contribution < -0.4 is 0 Å². The number of benzene rings is 1. The maximum atomic E-state index is 10.8. The molecule has 0 aliphatic rings. The number of nitrogens with one attached hydrogen (secondary N) is 1. The Kier molecular flexibility index (Phi) is 2.56. The predicted molar refractivity (Wildman–Crippen MR) is 73.2 cm³/mol. The molecule has 2 N–H and O–H groups in total. The van der Waals surface area contributed by atoms with Crippen molar-refractivity contribution in [2.45, 2.75) is 6.92 Å². The Bertz CT molecular complexity index is 757. The second kappa shape index (κ2) is 4.24. The minimum atomic E-state index is -0.964. The molecule has 4 nitrogen and oxygen atoms in total. The van der Waals surface area contributed by atoms with Crippen LogP contribution in [0, 0.1) is 6.92 Å². The number of aromatic amines is 1. The van der Waals surface area contributed by atoms with E-state index in [0.29, 0.717) is 0 Å². The van der Waals surface area contributed by atoms with Gasteiger partial charge in [-0.25, -0.2) is 4.79 Å². The van der Waals surface area contributed by atoms with Crippen LogP contribution in [0.3, 0.4) is 0 Å². The topological polar surface area (TPSA) is 66.0 Å². The molecule has 4 heteroatoms. The number of H-pyrrole nitrogens is 1.